The molecule has 0 saturated heterocycles. The van der Waals surface area contributed by atoms with Gasteiger partial charge in [0.25, 0.3) is 0 Å². The van der Waals surface area contributed by atoms with E-state index in [1.54, 1.807) is 10.7 Å². The van der Waals surface area contributed by atoms with Crippen molar-refractivity contribution in [3.8, 4) is 0 Å². The molecule has 1 N–H and O–H groups in total. The summed E-state index contributed by atoms with van der Waals surface area (Å²) in [6.45, 7) is 2.73. The summed E-state index contributed by atoms with van der Waals surface area (Å²) < 4.78 is 28.6. The van der Waals surface area contributed by atoms with Gasteiger partial charge < -0.3 is 5.32 Å². The molecule has 1 heterocycles. The van der Waals surface area contributed by atoms with Crippen LogP contribution < -0.4 is 5.32 Å². The van der Waals surface area contributed by atoms with Crippen molar-refractivity contribution in [2.75, 3.05) is 6.54 Å². The second-order valence-electron chi connectivity index (χ2n) is 4.68. The summed E-state index contributed by atoms with van der Waals surface area (Å²) >= 11 is 0. The molecule has 6 heteroatoms. The number of hydrogen-bond donors (Lipinski definition) is 1. The second kappa shape index (κ2) is 6.56. The highest BCUT2D eigenvalue weighted by molar-refractivity contribution is 5.20. The molecular formula is C14H18F2N4. The Balaban J connectivity index is 2.13. The molecule has 1 unspecified atom stereocenters. The van der Waals surface area contributed by atoms with Gasteiger partial charge in [-0.1, -0.05) is 19.1 Å². The Morgan fingerprint density at radius 3 is 2.75 bits per heavy atom. The Bertz CT molecular complexity index is 568. The zero-order valence-corrected chi connectivity index (χ0v) is 11.6. The van der Waals surface area contributed by atoms with Crippen molar-refractivity contribution in [1.82, 2.24) is 20.1 Å². The van der Waals surface area contributed by atoms with Crippen molar-refractivity contribution in [1.29, 1.82) is 0 Å². The standard InChI is InChI=1S/C14H18F2N4/c1-3-17-11(8-13-18-9-19-20(13)2)7-10-5-4-6-12(15)14(10)16/h4-6,9,11,17H,3,7-8H2,1-2H3. The van der Waals surface area contributed by atoms with Gasteiger partial charge in [0, 0.05) is 19.5 Å². The molecule has 1 aromatic heterocycles. The zero-order valence-electron chi connectivity index (χ0n) is 11.6. The molecule has 0 spiro atoms. The average molecular weight is 280 g/mol. The van der Waals surface area contributed by atoms with Crippen LogP contribution in [0.25, 0.3) is 0 Å². The van der Waals surface area contributed by atoms with Gasteiger partial charge in [0.05, 0.1) is 0 Å². The minimum absolute atomic E-state index is 0.0146. The first-order valence-corrected chi connectivity index (χ1v) is 6.61. The Hall–Kier alpha value is -1.82. The summed E-state index contributed by atoms with van der Waals surface area (Å²) in [5.74, 6) is -0.766. The molecule has 0 aliphatic rings. The molecule has 20 heavy (non-hydrogen) atoms. The monoisotopic (exact) mass is 280 g/mol. The molecule has 0 fully saturated rings. The van der Waals surface area contributed by atoms with Gasteiger partial charge in [0.1, 0.15) is 12.2 Å². The zero-order chi connectivity index (χ0) is 14.5. The lowest BCUT2D eigenvalue weighted by atomic mass is 10.0. The molecule has 2 aromatic rings. The van der Waals surface area contributed by atoms with Crippen molar-refractivity contribution in [2.24, 2.45) is 7.05 Å². The van der Waals surface area contributed by atoms with E-state index in [-0.39, 0.29) is 6.04 Å². The molecule has 0 radical (unpaired) electrons. The van der Waals surface area contributed by atoms with E-state index >= 15 is 0 Å². The van der Waals surface area contributed by atoms with Crippen molar-refractivity contribution in [3.05, 3.63) is 47.5 Å². The molecule has 108 valence electrons. The number of aryl methyl sites for hydroxylation is 1. The molecule has 0 aliphatic heterocycles. The van der Waals surface area contributed by atoms with Gasteiger partial charge in [-0.2, -0.15) is 5.10 Å². The highest BCUT2D eigenvalue weighted by Gasteiger charge is 2.16. The topological polar surface area (TPSA) is 42.7 Å². The lowest BCUT2D eigenvalue weighted by Crippen LogP contribution is -2.34. The van der Waals surface area contributed by atoms with E-state index in [1.165, 1.54) is 12.4 Å². The van der Waals surface area contributed by atoms with E-state index in [4.69, 9.17) is 0 Å². The van der Waals surface area contributed by atoms with Crippen LogP contribution in [-0.4, -0.2) is 27.4 Å². The molecule has 0 aliphatic carbocycles. The highest BCUT2D eigenvalue weighted by atomic mass is 19.2. The van der Waals surface area contributed by atoms with E-state index in [2.05, 4.69) is 15.4 Å². The Kier molecular flexibility index (Phi) is 4.79. The Morgan fingerprint density at radius 2 is 2.10 bits per heavy atom. The molecular weight excluding hydrogens is 262 g/mol. The van der Waals surface area contributed by atoms with Crippen LogP contribution in [0.4, 0.5) is 8.78 Å². The largest absolute Gasteiger partial charge is 0.313 e. The first-order chi connectivity index (χ1) is 9.61. The fraction of sp³-hybridized carbons (Fsp3) is 0.429. The van der Waals surface area contributed by atoms with E-state index in [0.29, 0.717) is 18.4 Å². The smallest absolute Gasteiger partial charge is 0.162 e. The van der Waals surface area contributed by atoms with Crippen LogP contribution in [0.5, 0.6) is 0 Å². The van der Waals surface area contributed by atoms with Crippen LogP contribution in [0, 0.1) is 11.6 Å². The summed E-state index contributed by atoms with van der Waals surface area (Å²) in [7, 11) is 1.81. The second-order valence-corrected chi connectivity index (χ2v) is 4.68. The Morgan fingerprint density at radius 1 is 1.30 bits per heavy atom. The lowest BCUT2D eigenvalue weighted by molar-refractivity contribution is 0.466. The van der Waals surface area contributed by atoms with Gasteiger partial charge in [0.15, 0.2) is 11.6 Å². The third-order valence-electron chi connectivity index (χ3n) is 3.22. The first kappa shape index (κ1) is 14.6. The summed E-state index contributed by atoms with van der Waals surface area (Å²) in [5.41, 5.74) is 0.373. The van der Waals surface area contributed by atoms with Crippen LogP contribution in [0.2, 0.25) is 0 Å². The van der Waals surface area contributed by atoms with Gasteiger partial charge in [-0.05, 0) is 24.6 Å². The maximum Gasteiger partial charge on any atom is 0.162 e. The Labute approximate surface area is 116 Å². The van der Waals surface area contributed by atoms with Crippen LogP contribution in [0.3, 0.4) is 0 Å². The van der Waals surface area contributed by atoms with E-state index < -0.39 is 11.6 Å². The van der Waals surface area contributed by atoms with Crippen molar-refractivity contribution in [3.63, 3.8) is 0 Å². The first-order valence-electron chi connectivity index (χ1n) is 6.61. The quantitative estimate of drug-likeness (QED) is 0.878. The molecule has 2 rings (SSSR count). The summed E-state index contributed by atoms with van der Waals surface area (Å²) in [6.07, 6.45) is 2.51. The minimum atomic E-state index is -0.809. The summed E-state index contributed by atoms with van der Waals surface area (Å²) in [4.78, 5) is 4.16. The van der Waals surface area contributed by atoms with E-state index in [1.807, 2.05) is 14.0 Å². The lowest BCUT2D eigenvalue weighted by Gasteiger charge is -2.18. The maximum atomic E-state index is 13.7. The van der Waals surface area contributed by atoms with E-state index in [0.717, 1.165) is 18.4 Å². The van der Waals surface area contributed by atoms with Crippen LogP contribution >= 0.6 is 0 Å². The molecule has 1 aromatic carbocycles. The minimum Gasteiger partial charge on any atom is -0.313 e. The molecule has 0 amide bonds. The van der Waals surface area contributed by atoms with Gasteiger partial charge in [-0.25, -0.2) is 13.8 Å². The number of halogens is 2. The van der Waals surface area contributed by atoms with Gasteiger partial charge in [-0.3, -0.25) is 4.68 Å². The number of nitrogens with one attached hydrogen (secondary N) is 1. The van der Waals surface area contributed by atoms with Gasteiger partial charge >= 0.3 is 0 Å². The van der Waals surface area contributed by atoms with Crippen LogP contribution in [0.15, 0.2) is 24.5 Å². The number of aromatic nitrogens is 3. The van der Waals surface area contributed by atoms with E-state index in [9.17, 15) is 8.78 Å². The normalized spacial score (nSPS) is 12.6. The maximum absolute atomic E-state index is 13.7. The van der Waals surface area contributed by atoms with Gasteiger partial charge in [0.2, 0.25) is 0 Å². The average Bonchev–Trinajstić information content (AvgIpc) is 2.81. The van der Waals surface area contributed by atoms with Crippen LogP contribution in [-0.2, 0) is 19.9 Å². The molecule has 1 atom stereocenters. The SMILES string of the molecule is CCNC(Cc1cccc(F)c1F)Cc1ncnn1C. The highest BCUT2D eigenvalue weighted by Crippen LogP contribution is 2.14. The number of benzene rings is 1. The summed E-state index contributed by atoms with van der Waals surface area (Å²) in [5, 5.41) is 7.29. The van der Waals surface area contributed by atoms with Gasteiger partial charge in [-0.15, -0.1) is 0 Å². The molecule has 0 saturated carbocycles. The molecule has 0 bridgehead atoms. The number of hydrogen-bond acceptors (Lipinski definition) is 3. The van der Waals surface area contributed by atoms with Crippen molar-refractivity contribution < 1.29 is 8.78 Å². The number of nitrogens with zero attached hydrogens (tertiary/aromatic N) is 3. The molecule has 4 nitrogen and oxygen atoms in total. The fourth-order valence-electron chi connectivity index (χ4n) is 2.20. The fourth-order valence-corrected chi connectivity index (χ4v) is 2.20. The summed E-state index contributed by atoms with van der Waals surface area (Å²) in [6, 6.07) is 4.25. The predicted molar refractivity (Wildman–Crippen MR) is 72.2 cm³/mol. The predicted octanol–water partition coefficient (Wildman–Crippen LogP) is 1.86. The third kappa shape index (κ3) is 3.39. The van der Waals surface area contributed by atoms with Crippen molar-refractivity contribution >= 4 is 0 Å². The third-order valence-corrected chi connectivity index (χ3v) is 3.22. The number of rotatable bonds is 6. The van der Waals surface area contributed by atoms with Crippen molar-refractivity contribution in [2.45, 2.75) is 25.8 Å². The van der Waals surface area contributed by atoms with Crippen LogP contribution in [0.1, 0.15) is 18.3 Å². The number of likely N-dealkylation sites (N-methyl/N-ethyl adjacent to an activating group) is 1.